The topological polar surface area (TPSA) is 47.4 Å². The van der Waals surface area contributed by atoms with E-state index in [2.05, 4.69) is 30.2 Å². The van der Waals surface area contributed by atoms with Crippen molar-refractivity contribution in [2.24, 2.45) is 0 Å². The number of carbonyl (C=O) groups is 1. The van der Waals surface area contributed by atoms with Crippen LogP contribution in [0.1, 0.15) is 33.6 Å². The first-order chi connectivity index (χ1) is 10.6. The minimum absolute atomic E-state index is 0.0206. The van der Waals surface area contributed by atoms with Crippen LogP contribution in [0.3, 0.4) is 0 Å². The van der Waals surface area contributed by atoms with Gasteiger partial charge in [-0.3, -0.25) is 4.79 Å². The maximum absolute atomic E-state index is 13.0. The fraction of sp³-hybridized carbons (Fsp3) is 0.412. The predicted octanol–water partition coefficient (Wildman–Crippen LogP) is 2.49. The number of benzene rings is 1. The fourth-order valence-corrected chi connectivity index (χ4v) is 3.37. The van der Waals surface area contributed by atoms with E-state index in [-0.39, 0.29) is 5.91 Å². The van der Waals surface area contributed by atoms with Crippen molar-refractivity contribution in [3.05, 3.63) is 40.6 Å². The highest BCUT2D eigenvalue weighted by atomic mass is 16.5. The van der Waals surface area contributed by atoms with E-state index in [4.69, 9.17) is 4.74 Å². The molecule has 0 saturated heterocycles. The number of hydrogen-bond donors (Lipinski definition) is 0. The van der Waals surface area contributed by atoms with Crippen molar-refractivity contribution in [1.29, 1.82) is 0 Å². The molecular formula is C17H19N3O2. The van der Waals surface area contributed by atoms with Gasteiger partial charge in [0, 0.05) is 17.8 Å². The molecule has 2 aromatic rings. The molecule has 0 bridgehead atoms. The molecule has 0 aliphatic carbocycles. The Labute approximate surface area is 129 Å². The lowest BCUT2D eigenvalue weighted by Crippen LogP contribution is -2.36. The van der Waals surface area contributed by atoms with E-state index in [1.807, 2.05) is 11.8 Å². The molecule has 5 heteroatoms. The molecule has 0 atom stereocenters. The summed E-state index contributed by atoms with van der Waals surface area (Å²) in [6, 6.07) is 6.29. The minimum Gasteiger partial charge on any atom is -0.476 e. The third kappa shape index (κ3) is 1.92. The van der Waals surface area contributed by atoms with Crippen LogP contribution in [0.15, 0.2) is 18.2 Å². The zero-order valence-electron chi connectivity index (χ0n) is 12.9. The van der Waals surface area contributed by atoms with E-state index in [1.54, 1.807) is 4.68 Å². The van der Waals surface area contributed by atoms with Crippen LogP contribution in [0.2, 0.25) is 0 Å². The van der Waals surface area contributed by atoms with Gasteiger partial charge in [0.15, 0.2) is 5.69 Å². The van der Waals surface area contributed by atoms with E-state index in [1.165, 1.54) is 11.1 Å². The number of carbonyl (C=O) groups excluding carboxylic acids is 1. The number of aromatic nitrogens is 2. The van der Waals surface area contributed by atoms with E-state index >= 15 is 0 Å². The number of aryl methyl sites for hydroxylation is 2. The first-order valence-corrected chi connectivity index (χ1v) is 7.77. The van der Waals surface area contributed by atoms with Gasteiger partial charge < -0.3 is 9.64 Å². The molecular weight excluding hydrogens is 278 g/mol. The molecule has 0 fully saturated rings. The van der Waals surface area contributed by atoms with Crippen molar-refractivity contribution >= 4 is 11.6 Å². The highest BCUT2D eigenvalue weighted by Gasteiger charge is 2.30. The first kappa shape index (κ1) is 13.4. The van der Waals surface area contributed by atoms with Gasteiger partial charge >= 0.3 is 0 Å². The molecule has 0 spiro atoms. The van der Waals surface area contributed by atoms with Crippen LogP contribution in [-0.4, -0.2) is 28.8 Å². The van der Waals surface area contributed by atoms with Crippen molar-refractivity contribution in [3.63, 3.8) is 0 Å². The van der Waals surface area contributed by atoms with E-state index in [0.717, 1.165) is 43.1 Å². The van der Waals surface area contributed by atoms with E-state index in [0.29, 0.717) is 12.3 Å². The van der Waals surface area contributed by atoms with Crippen molar-refractivity contribution in [1.82, 2.24) is 9.78 Å². The van der Waals surface area contributed by atoms with Crippen molar-refractivity contribution < 1.29 is 9.53 Å². The lowest BCUT2D eigenvalue weighted by Gasteiger charge is -2.29. The second-order valence-electron chi connectivity index (χ2n) is 6.04. The number of fused-ring (bicyclic) bond motifs is 2. The number of nitrogens with zero attached hydrogens (tertiary/aromatic N) is 3. The largest absolute Gasteiger partial charge is 0.476 e. The molecule has 3 heterocycles. The molecule has 4 rings (SSSR count). The fourth-order valence-electron chi connectivity index (χ4n) is 3.37. The number of ether oxygens (including phenoxy) is 1. The Morgan fingerprint density at radius 1 is 1.27 bits per heavy atom. The summed E-state index contributed by atoms with van der Waals surface area (Å²) < 4.78 is 7.36. The van der Waals surface area contributed by atoms with Crippen molar-refractivity contribution in [3.8, 4) is 5.88 Å². The summed E-state index contributed by atoms with van der Waals surface area (Å²) in [7, 11) is 0. The molecule has 0 N–H and O–H groups in total. The van der Waals surface area contributed by atoms with Gasteiger partial charge in [-0.25, -0.2) is 4.68 Å². The van der Waals surface area contributed by atoms with Crippen LogP contribution in [0.4, 0.5) is 5.69 Å². The standard InChI is InChI=1S/C17H19N3O2/c1-11-5-6-14-13(10-11)4-3-7-19(14)16(21)15-12(2)17-20(18-15)8-9-22-17/h5-6,10H,3-4,7-9H2,1-2H3. The van der Waals surface area contributed by atoms with E-state index in [9.17, 15) is 4.79 Å². The predicted molar refractivity (Wildman–Crippen MR) is 83.6 cm³/mol. The monoisotopic (exact) mass is 297 g/mol. The van der Waals surface area contributed by atoms with E-state index < -0.39 is 0 Å². The number of amides is 1. The SMILES string of the molecule is Cc1ccc2c(c1)CCCN2C(=O)c1nn2c(c1C)OCC2. The summed E-state index contributed by atoms with van der Waals surface area (Å²) in [5, 5.41) is 4.46. The number of anilines is 1. The Hall–Kier alpha value is -2.30. The second kappa shape index (κ2) is 4.87. The highest BCUT2D eigenvalue weighted by molar-refractivity contribution is 6.06. The van der Waals surface area contributed by atoms with Crippen LogP contribution < -0.4 is 9.64 Å². The summed E-state index contributed by atoms with van der Waals surface area (Å²) >= 11 is 0. The van der Waals surface area contributed by atoms with Gasteiger partial charge in [-0.1, -0.05) is 17.7 Å². The van der Waals surface area contributed by atoms with Crippen molar-refractivity contribution in [2.45, 2.75) is 33.2 Å². The third-order valence-corrected chi connectivity index (χ3v) is 4.47. The molecule has 1 amide bonds. The summed E-state index contributed by atoms with van der Waals surface area (Å²) in [5.41, 5.74) is 4.87. The molecule has 2 aliphatic heterocycles. The van der Waals surface area contributed by atoms with Crippen LogP contribution >= 0.6 is 0 Å². The van der Waals surface area contributed by atoms with Gasteiger partial charge in [-0.2, -0.15) is 5.10 Å². The summed E-state index contributed by atoms with van der Waals surface area (Å²) in [6.07, 6.45) is 2.02. The van der Waals surface area contributed by atoms with Crippen molar-refractivity contribution in [2.75, 3.05) is 18.1 Å². The Morgan fingerprint density at radius 2 is 2.14 bits per heavy atom. The Morgan fingerprint density at radius 3 is 2.95 bits per heavy atom. The van der Waals surface area contributed by atoms with Gasteiger partial charge in [-0.15, -0.1) is 0 Å². The summed E-state index contributed by atoms with van der Waals surface area (Å²) in [4.78, 5) is 14.8. The molecule has 2 aliphatic rings. The van der Waals surface area contributed by atoms with Crippen LogP contribution in [0.5, 0.6) is 5.88 Å². The van der Waals surface area contributed by atoms with Crippen LogP contribution in [-0.2, 0) is 13.0 Å². The lowest BCUT2D eigenvalue weighted by atomic mass is 9.99. The lowest BCUT2D eigenvalue weighted by molar-refractivity contribution is 0.0978. The molecule has 1 aromatic heterocycles. The number of hydrogen-bond acceptors (Lipinski definition) is 3. The Bertz CT molecular complexity index is 764. The van der Waals surface area contributed by atoms with Gasteiger partial charge in [0.1, 0.15) is 6.61 Å². The Kier molecular flexibility index (Phi) is 2.96. The molecule has 0 saturated carbocycles. The van der Waals surface area contributed by atoms with Gasteiger partial charge in [0.25, 0.3) is 5.91 Å². The van der Waals surface area contributed by atoms with Gasteiger partial charge in [-0.05, 0) is 38.3 Å². The highest BCUT2D eigenvalue weighted by Crippen LogP contribution is 2.31. The minimum atomic E-state index is -0.0206. The average molecular weight is 297 g/mol. The maximum atomic E-state index is 13.0. The zero-order chi connectivity index (χ0) is 15.3. The molecule has 1 aromatic carbocycles. The summed E-state index contributed by atoms with van der Waals surface area (Å²) in [6.45, 7) is 6.11. The quantitative estimate of drug-likeness (QED) is 0.812. The third-order valence-electron chi connectivity index (χ3n) is 4.47. The molecule has 0 unspecified atom stereocenters. The average Bonchev–Trinajstić information content (AvgIpc) is 3.09. The molecule has 5 nitrogen and oxygen atoms in total. The summed E-state index contributed by atoms with van der Waals surface area (Å²) in [5.74, 6) is 0.720. The Balaban J connectivity index is 1.73. The normalized spacial score (nSPS) is 16.2. The second-order valence-corrected chi connectivity index (χ2v) is 6.04. The molecule has 22 heavy (non-hydrogen) atoms. The smallest absolute Gasteiger partial charge is 0.279 e. The maximum Gasteiger partial charge on any atom is 0.279 e. The van der Waals surface area contributed by atoms with Crippen LogP contribution in [0.25, 0.3) is 0 Å². The van der Waals surface area contributed by atoms with Gasteiger partial charge in [0.05, 0.1) is 6.54 Å². The number of rotatable bonds is 1. The van der Waals surface area contributed by atoms with Crippen LogP contribution in [0, 0.1) is 13.8 Å². The molecule has 0 radical (unpaired) electrons. The van der Waals surface area contributed by atoms with Gasteiger partial charge in [0.2, 0.25) is 5.88 Å². The zero-order valence-corrected chi connectivity index (χ0v) is 12.9. The molecule has 114 valence electrons. The first-order valence-electron chi connectivity index (χ1n) is 7.77.